The molecule has 1 aromatic carbocycles. The maximum absolute atomic E-state index is 12.1. The van der Waals surface area contributed by atoms with Gasteiger partial charge in [-0.05, 0) is 18.9 Å². The molecular weight excluding hydrogens is 310 g/mol. The van der Waals surface area contributed by atoms with E-state index in [2.05, 4.69) is 5.32 Å². The molecule has 128 valence electrons. The largest absolute Gasteiger partial charge is 0.350 e. The molecule has 0 bridgehead atoms. The zero-order chi connectivity index (χ0) is 17.7. The number of benzene rings is 1. The molecule has 0 atom stereocenters. The van der Waals surface area contributed by atoms with Gasteiger partial charge in [-0.1, -0.05) is 43.2 Å². The molecule has 2 rings (SSSR count). The van der Waals surface area contributed by atoms with Crippen LogP contribution in [0.15, 0.2) is 24.3 Å². The van der Waals surface area contributed by atoms with Crippen LogP contribution < -0.4 is 5.32 Å². The highest BCUT2D eigenvalue weighted by atomic mass is 16.2. The van der Waals surface area contributed by atoms with Crippen LogP contribution in [0.1, 0.15) is 30.9 Å². The molecule has 0 saturated carbocycles. The van der Waals surface area contributed by atoms with Gasteiger partial charge < -0.3 is 5.32 Å². The second kappa shape index (κ2) is 7.72. The number of amides is 5. The molecule has 1 saturated heterocycles. The summed E-state index contributed by atoms with van der Waals surface area (Å²) in [4.78, 5) is 49.4. The van der Waals surface area contributed by atoms with Gasteiger partial charge in [-0.2, -0.15) is 0 Å². The minimum Gasteiger partial charge on any atom is -0.350 e. The smallest absolute Gasteiger partial charge is 0.334 e. The lowest BCUT2D eigenvalue weighted by atomic mass is 10.1. The molecule has 1 aromatic rings. The van der Waals surface area contributed by atoms with Crippen molar-refractivity contribution in [2.75, 3.05) is 13.1 Å². The first kappa shape index (κ1) is 17.7. The van der Waals surface area contributed by atoms with Gasteiger partial charge in [-0.15, -0.1) is 0 Å². The summed E-state index contributed by atoms with van der Waals surface area (Å²) < 4.78 is 0. The summed E-state index contributed by atoms with van der Waals surface area (Å²) in [6.07, 6.45) is 1.42. The second-order valence-corrected chi connectivity index (χ2v) is 5.75. The third kappa shape index (κ3) is 3.98. The minimum absolute atomic E-state index is 0.196. The van der Waals surface area contributed by atoms with Gasteiger partial charge in [0.2, 0.25) is 5.91 Å². The van der Waals surface area contributed by atoms with Crippen molar-refractivity contribution in [2.24, 2.45) is 0 Å². The molecule has 5 amide bonds. The molecule has 0 spiro atoms. The Labute approximate surface area is 140 Å². The first-order chi connectivity index (χ1) is 11.4. The van der Waals surface area contributed by atoms with Gasteiger partial charge in [-0.25, -0.2) is 9.69 Å². The summed E-state index contributed by atoms with van der Waals surface area (Å²) in [5.74, 6) is -2.29. The van der Waals surface area contributed by atoms with Gasteiger partial charge in [0.1, 0.15) is 6.54 Å². The SMILES string of the molecule is CCCCN1C(=O)C(=O)N(CC(=O)NCc2ccc(C)cc2)C1=O. The fraction of sp³-hybridized carbons (Fsp3) is 0.412. The Morgan fingerprint density at radius 3 is 2.29 bits per heavy atom. The van der Waals surface area contributed by atoms with Crippen molar-refractivity contribution < 1.29 is 19.2 Å². The summed E-state index contributed by atoms with van der Waals surface area (Å²) in [5, 5.41) is 2.64. The van der Waals surface area contributed by atoms with Crippen LogP contribution in [0.25, 0.3) is 0 Å². The highest BCUT2D eigenvalue weighted by molar-refractivity contribution is 6.45. The monoisotopic (exact) mass is 331 g/mol. The van der Waals surface area contributed by atoms with Gasteiger partial charge in [0.15, 0.2) is 0 Å². The van der Waals surface area contributed by atoms with Crippen LogP contribution in [0.4, 0.5) is 4.79 Å². The van der Waals surface area contributed by atoms with Crippen LogP contribution in [-0.4, -0.2) is 46.6 Å². The maximum Gasteiger partial charge on any atom is 0.334 e. The topological polar surface area (TPSA) is 86.8 Å². The molecular formula is C17H21N3O4. The normalized spacial score (nSPS) is 14.5. The zero-order valence-corrected chi connectivity index (χ0v) is 13.9. The Bertz CT molecular complexity index is 654. The number of nitrogens with one attached hydrogen (secondary N) is 1. The van der Waals surface area contributed by atoms with Crippen LogP contribution >= 0.6 is 0 Å². The number of nitrogens with zero attached hydrogens (tertiary/aromatic N) is 2. The van der Waals surface area contributed by atoms with E-state index < -0.39 is 30.3 Å². The molecule has 7 nitrogen and oxygen atoms in total. The number of hydrogen-bond donors (Lipinski definition) is 1. The van der Waals surface area contributed by atoms with Crippen molar-refractivity contribution in [3.63, 3.8) is 0 Å². The third-order valence-corrected chi connectivity index (χ3v) is 3.78. The van der Waals surface area contributed by atoms with E-state index in [1.165, 1.54) is 0 Å². The quantitative estimate of drug-likeness (QED) is 0.601. The first-order valence-corrected chi connectivity index (χ1v) is 7.93. The molecule has 0 aromatic heterocycles. The van der Waals surface area contributed by atoms with Gasteiger partial charge in [-0.3, -0.25) is 19.3 Å². The summed E-state index contributed by atoms with van der Waals surface area (Å²) in [7, 11) is 0. The van der Waals surface area contributed by atoms with Gasteiger partial charge in [0.05, 0.1) is 0 Å². The van der Waals surface area contributed by atoms with Crippen molar-refractivity contribution >= 4 is 23.8 Å². The van der Waals surface area contributed by atoms with Crippen LogP contribution in [0.3, 0.4) is 0 Å². The average molecular weight is 331 g/mol. The standard InChI is InChI=1S/C17H21N3O4/c1-3-4-9-19-15(22)16(23)20(17(19)24)11-14(21)18-10-13-7-5-12(2)6-8-13/h5-8H,3-4,9-11H2,1-2H3,(H,18,21). The predicted octanol–water partition coefficient (Wildman–Crippen LogP) is 1.20. The summed E-state index contributed by atoms with van der Waals surface area (Å²) in [6, 6.07) is 6.91. The lowest BCUT2D eigenvalue weighted by molar-refractivity contribution is -0.144. The Balaban J connectivity index is 1.91. The van der Waals surface area contributed by atoms with Crippen molar-refractivity contribution in [1.29, 1.82) is 0 Å². The Morgan fingerprint density at radius 2 is 1.67 bits per heavy atom. The number of urea groups is 1. The van der Waals surface area contributed by atoms with Crippen LogP contribution in [0.5, 0.6) is 0 Å². The van der Waals surface area contributed by atoms with E-state index in [-0.39, 0.29) is 6.54 Å². The van der Waals surface area contributed by atoms with E-state index in [1.807, 2.05) is 38.1 Å². The Kier molecular flexibility index (Phi) is 5.68. The number of carbonyl (C=O) groups excluding carboxylic acids is 4. The highest BCUT2D eigenvalue weighted by Crippen LogP contribution is 2.12. The number of carbonyl (C=O) groups is 4. The Morgan fingerprint density at radius 1 is 1.04 bits per heavy atom. The highest BCUT2D eigenvalue weighted by Gasteiger charge is 2.44. The first-order valence-electron chi connectivity index (χ1n) is 7.93. The zero-order valence-electron chi connectivity index (χ0n) is 13.9. The molecule has 1 aliphatic heterocycles. The molecule has 0 radical (unpaired) electrons. The van der Waals surface area contributed by atoms with Gasteiger partial charge >= 0.3 is 17.8 Å². The maximum atomic E-state index is 12.1. The fourth-order valence-corrected chi connectivity index (χ4v) is 2.31. The van der Waals surface area contributed by atoms with E-state index in [1.54, 1.807) is 0 Å². The van der Waals surface area contributed by atoms with E-state index in [0.717, 1.165) is 22.4 Å². The molecule has 24 heavy (non-hydrogen) atoms. The Hall–Kier alpha value is -2.70. The molecule has 7 heteroatoms. The number of unbranched alkanes of at least 4 members (excludes halogenated alkanes) is 1. The fourth-order valence-electron chi connectivity index (χ4n) is 2.31. The molecule has 1 aliphatic rings. The molecule has 0 aliphatic carbocycles. The summed E-state index contributed by atoms with van der Waals surface area (Å²) >= 11 is 0. The van der Waals surface area contributed by atoms with E-state index >= 15 is 0 Å². The van der Waals surface area contributed by atoms with Crippen molar-refractivity contribution in [1.82, 2.24) is 15.1 Å². The lowest BCUT2D eigenvalue weighted by Crippen LogP contribution is -2.41. The third-order valence-electron chi connectivity index (χ3n) is 3.78. The van der Waals surface area contributed by atoms with Crippen LogP contribution in [0.2, 0.25) is 0 Å². The lowest BCUT2D eigenvalue weighted by Gasteiger charge is -2.15. The number of rotatable bonds is 7. The molecule has 0 unspecified atom stereocenters. The van der Waals surface area contributed by atoms with Crippen molar-refractivity contribution in [3.05, 3.63) is 35.4 Å². The van der Waals surface area contributed by atoms with Gasteiger partial charge in [0, 0.05) is 13.1 Å². The number of hydrogen-bond acceptors (Lipinski definition) is 4. The van der Waals surface area contributed by atoms with E-state index in [9.17, 15) is 19.2 Å². The number of aryl methyl sites for hydroxylation is 1. The molecule has 1 N–H and O–H groups in total. The van der Waals surface area contributed by atoms with E-state index in [4.69, 9.17) is 0 Å². The average Bonchev–Trinajstić information content (AvgIpc) is 2.76. The van der Waals surface area contributed by atoms with Gasteiger partial charge in [0.25, 0.3) is 0 Å². The van der Waals surface area contributed by atoms with Crippen LogP contribution in [0, 0.1) is 6.92 Å². The summed E-state index contributed by atoms with van der Waals surface area (Å²) in [5.41, 5.74) is 2.03. The molecule has 1 fully saturated rings. The second-order valence-electron chi connectivity index (χ2n) is 5.75. The summed E-state index contributed by atoms with van der Waals surface area (Å²) in [6.45, 7) is 3.93. The molecule has 1 heterocycles. The number of imide groups is 2. The van der Waals surface area contributed by atoms with Crippen LogP contribution in [-0.2, 0) is 20.9 Å². The van der Waals surface area contributed by atoms with E-state index in [0.29, 0.717) is 17.9 Å². The predicted molar refractivity (Wildman–Crippen MR) is 86.8 cm³/mol. The van der Waals surface area contributed by atoms with Crippen molar-refractivity contribution in [2.45, 2.75) is 33.2 Å². The minimum atomic E-state index is -0.943. The van der Waals surface area contributed by atoms with Crippen molar-refractivity contribution in [3.8, 4) is 0 Å².